The predicted octanol–water partition coefficient (Wildman–Crippen LogP) is 1.70. The molecule has 0 aliphatic heterocycles. The van der Waals surface area contributed by atoms with Gasteiger partial charge in [0.15, 0.2) is 0 Å². The van der Waals surface area contributed by atoms with E-state index in [2.05, 4.69) is 0 Å². The molecule has 0 unspecified atom stereocenters. The summed E-state index contributed by atoms with van der Waals surface area (Å²) in [6, 6.07) is 9.62. The summed E-state index contributed by atoms with van der Waals surface area (Å²) in [6.45, 7) is 0. The number of carboxylic acids is 1. The fourth-order valence-corrected chi connectivity index (χ4v) is 0.896. The molecular weight excluding hydrogens is 231 g/mol. The first-order valence-corrected chi connectivity index (χ1v) is 3.55. The van der Waals surface area contributed by atoms with Crippen LogP contribution in [0.25, 0.3) is 0 Å². The van der Waals surface area contributed by atoms with E-state index in [9.17, 15) is 4.79 Å². The SMILES string of the molecule is O=C(O)CCc1ccccc1.[Zr]. The molecule has 0 radical (unpaired) electrons. The fourth-order valence-electron chi connectivity index (χ4n) is 0.896. The zero-order chi connectivity index (χ0) is 8.10. The first-order valence-electron chi connectivity index (χ1n) is 3.55. The van der Waals surface area contributed by atoms with Gasteiger partial charge in [0.2, 0.25) is 0 Å². The van der Waals surface area contributed by atoms with Gasteiger partial charge in [-0.1, -0.05) is 30.3 Å². The summed E-state index contributed by atoms with van der Waals surface area (Å²) >= 11 is 0. The van der Waals surface area contributed by atoms with Crippen LogP contribution in [0.5, 0.6) is 0 Å². The van der Waals surface area contributed by atoms with Gasteiger partial charge in [0.25, 0.3) is 0 Å². The Bertz CT molecular complexity index is 234. The molecule has 1 N–H and O–H groups in total. The van der Waals surface area contributed by atoms with E-state index >= 15 is 0 Å². The smallest absolute Gasteiger partial charge is 0.303 e. The van der Waals surface area contributed by atoms with Crippen LogP contribution >= 0.6 is 0 Å². The Morgan fingerprint density at radius 1 is 1.25 bits per heavy atom. The predicted molar refractivity (Wildman–Crippen MR) is 42.4 cm³/mol. The zero-order valence-electron chi connectivity index (χ0n) is 6.66. The van der Waals surface area contributed by atoms with Crippen LogP contribution in [0.3, 0.4) is 0 Å². The summed E-state index contributed by atoms with van der Waals surface area (Å²) in [6.07, 6.45) is 0.834. The summed E-state index contributed by atoms with van der Waals surface area (Å²) in [7, 11) is 0. The largest absolute Gasteiger partial charge is 0.481 e. The van der Waals surface area contributed by atoms with Crippen molar-refractivity contribution < 1.29 is 36.1 Å². The summed E-state index contributed by atoms with van der Waals surface area (Å²) in [5, 5.41) is 8.37. The number of aryl methyl sites for hydroxylation is 1. The molecule has 1 rings (SSSR count). The van der Waals surface area contributed by atoms with E-state index in [-0.39, 0.29) is 32.6 Å². The van der Waals surface area contributed by atoms with Crippen molar-refractivity contribution in [3.8, 4) is 0 Å². The number of rotatable bonds is 3. The van der Waals surface area contributed by atoms with Gasteiger partial charge in [0.1, 0.15) is 0 Å². The first kappa shape index (κ1) is 11.6. The molecule has 0 saturated heterocycles. The van der Waals surface area contributed by atoms with Crippen LogP contribution in [0.2, 0.25) is 0 Å². The second-order valence-corrected chi connectivity index (χ2v) is 2.38. The minimum atomic E-state index is -0.742. The quantitative estimate of drug-likeness (QED) is 0.874. The molecule has 3 heteroatoms. The monoisotopic (exact) mass is 240 g/mol. The number of carboxylic acid groups (broad SMARTS) is 1. The normalized spacial score (nSPS) is 8.67. The van der Waals surface area contributed by atoms with E-state index in [1.807, 2.05) is 30.3 Å². The Morgan fingerprint density at radius 3 is 2.33 bits per heavy atom. The second kappa shape index (κ2) is 6.13. The Morgan fingerprint density at radius 2 is 1.83 bits per heavy atom. The molecule has 0 amide bonds. The van der Waals surface area contributed by atoms with Crippen molar-refractivity contribution >= 4 is 5.97 Å². The maximum atomic E-state index is 10.2. The molecule has 0 spiro atoms. The summed E-state index contributed by atoms with van der Waals surface area (Å²) in [4.78, 5) is 10.2. The molecule has 0 aliphatic rings. The molecule has 0 bridgehead atoms. The molecule has 1 aromatic rings. The van der Waals surface area contributed by atoms with Gasteiger partial charge < -0.3 is 5.11 Å². The van der Waals surface area contributed by atoms with Crippen molar-refractivity contribution in [3.05, 3.63) is 35.9 Å². The fraction of sp³-hybridized carbons (Fsp3) is 0.222. The van der Waals surface area contributed by atoms with Gasteiger partial charge in [-0.25, -0.2) is 0 Å². The summed E-state index contributed by atoms with van der Waals surface area (Å²) < 4.78 is 0. The van der Waals surface area contributed by atoms with Gasteiger partial charge in [-0.15, -0.1) is 0 Å². The Kier molecular flexibility index (Phi) is 5.91. The Labute approximate surface area is 90.7 Å². The molecule has 0 aliphatic carbocycles. The average Bonchev–Trinajstić information content (AvgIpc) is 2.03. The third-order valence-electron chi connectivity index (χ3n) is 1.47. The topological polar surface area (TPSA) is 37.3 Å². The van der Waals surface area contributed by atoms with Crippen LogP contribution in [0.15, 0.2) is 30.3 Å². The third-order valence-corrected chi connectivity index (χ3v) is 1.47. The molecule has 12 heavy (non-hydrogen) atoms. The van der Waals surface area contributed by atoms with E-state index in [1.165, 1.54) is 0 Å². The van der Waals surface area contributed by atoms with Gasteiger partial charge in [-0.05, 0) is 12.0 Å². The second-order valence-electron chi connectivity index (χ2n) is 2.38. The summed E-state index contributed by atoms with van der Waals surface area (Å²) in [5.41, 5.74) is 1.08. The van der Waals surface area contributed by atoms with Crippen molar-refractivity contribution in [3.63, 3.8) is 0 Å². The Balaban J connectivity index is 0.00000121. The van der Waals surface area contributed by atoms with Gasteiger partial charge in [0.05, 0.1) is 0 Å². The van der Waals surface area contributed by atoms with Crippen molar-refractivity contribution in [2.75, 3.05) is 0 Å². The number of aliphatic carboxylic acids is 1. The Hall–Kier alpha value is -0.427. The number of hydrogen-bond donors (Lipinski definition) is 1. The van der Waals surface area contributed by atoms with Crippen molar-refractivity contribution in [1.29, 1.82) is 0 Å². The maximum absolute atomic E-state index is 10.2. The molecule has 0 heterocycles. The van der Waals surface area contributed by atoms with Crippen molar-refractivity contribution in [2.45, 2.75) is 12.8 Å². The minimum Gasteiger partial charge on any atom is -0.481 e. The number of carbonyl (C=O) groups is 1. The van der Waals surface area contributed by atoms with Gasteiger partial charge in [-0.3, -0.25) is 4.79 Å². The average molecular weight is 241 g/mol. The molecule has 2 nitrogen and oxygen atoms in total. The third kappa shape index (κ3) is 4.45. The van der Waals surface area contributed by atoms with Gasteiger partial charge in [-0.2, -0.15) is 0 Å². The van der Waals surface area contributed by atoms with Crippen LogP contribution in [0.1, 0.15) is 12.0 Å². The summed E-state index contributed by atoms with van der Waals surface area (Å²) in [5.74, 6) is -0.742. The van der Waals surface area contributed by atoms with Crippen molar-refractivity contribution in [1.82, 2.24) is 0 Å². The number of hydrogen-bond acceptors (Lipinski definition) is 1. The molecule has 0 fully saturated rings. The molecule has 0 aromatic heterocycles. The molecular formula is C9H10O2Zr. The van der Waals surface area contributed by atoms with Crippen molar-refractivity contribution in [2.24, 2.45) is 0 Å². The minimum absolute atomic E-state index is 0. The van der Waals surface area contributed by atoms with Crippen LogP contribution in [0, 0.1) is 0 Å². The van der Waals surface area contributed by atoms with Crippen LogP contribution < -0.4 is 0 Å². The maximum Gasteiger partial charge on any atom is 0.303 e. The molecule has 1 aromatic carbocycles. The van der Waals surface area contributed by atoms with E-state index in [0.717, 1.165) is 5.56 Å². The first-order chi connectivity index (χ1) is 5.29. The van der Waals surface area contributed by atoms with E-state index < -0.39 is 5.97 Å². The zero-order valence-corrected chi connectivity index (χ0v) is 9.11. The van der Waals surface area contributed by atoms with Crippen LogP contribution in [-0.4, -0.2) is 11.1 Å². The molecule has 0 saturated carbocycles. The molecule has 62 valence electrons. The van der Waals surface area contributed by atoms with Gasteiger partial charge in [0, 0.05) is 32.6 Å². The number of benzene rings is 1. The standard InChI is InChI=1S/C9H10O2.Zr/c10-9(11)7-6-8-4-2-1-3-5-8;/h1-5H,6-7H2,(H,10,11);. The molecule has 0 atom stereocenters. The van der Waals surface area contributed by atoms with E-state index in [4.69, 9.17) is 5.11 Å². The van der Waals surface area contributed by atoms with Gasteiger partial charge >= 0.3 is 5.97 Å². The van der Waals surface area contributed by atoms with Crippen LogP contribution in [-0.2, 0) is 37.4 Å². The van der Waals surface area contributed by atoms with E-state index in [1.54, 1.807) is 0 Å². The van der Waals surface area contributed by atoms with E-state index in [0.29, 0.717) is 6.42 Å². The van der Waals surface area contributed by atoms with Crippen LogP contribution in [0.4, 0.5) is 0 Å².